The van der Waals surface area contributed by atoms with Gasteiger partial charge in [0.2, 0.25) is 0 Å². The molecule has 0 aliphatic rings. The number of nitrogens with zero attached hydrogens (tertiary/aromatic N) is 1. The van der Waals surface area contributed by atoms with Gasteiger partial charge in [0.25, 0.3) is 11.5 Å². The number of aryl methyl sites for hydroxylation is 2. The lowest BCUT2D eigenvalue weighted by Crippen LogP contribution is -2.31. The molecular weight excluding hydrogens is 316 g/mol. The SMILES string of the molecule is Cc1ccc(OCCN(C)C(=O)c2c[nH]c(=O)c(Cl)c2)c(C)c1. The van der Waals surface area contributed by atoms with Crippen LogP contribution in [0.5, 0.6) is 5.75 Å². The van der Waals surface area contributed by atoms with Crippen LogP contribution >= 0.6 is 11.6 Å². The highest BCUT2D eigenvalue weighted by molar-refractivity contribution is 6.30. The first-order valence-electron chi connectivity index (χ1n) is 7.22. The van der Waals surface area contributed by atoms with E-state index >= 15 is 0 Å². The summed E-state index contributed by atoms with van der Waals surface area (Å²) in [5, 5.41) is -0.00391. The minimum Gasteiger partial charge on any atom is -0.491 e. The lowest BCUT2D eigenvalue weighted by Gasteiger charge is -2.18. The van der Waals surface area contributed by atoms with Crippen molar-refractivity contribution in [3.63, 3.8) is 0 Å². The normalized spacial score (nSPS) is 10.4. The van der Waals surface area contributed by atoms with Crippen LogP contribution in [-0.4, -0.2) is 36.0 Å². The molecule has 0 spiro atoms. The Kier molecular flexibility index (Phi) is 5.45. The molecule has 0 radical (unpaired) electrons. The molecule has 1 aromatic carbocycles. The molecule has 2 aromatic rings. The maximum Gasteiger partial charge on any atom is 0.266 e. The first-order valence-corrected chi connectivity index (χ1v) is 7.60. The standard InChI is InChI=1S/C17H19ClN2O3/c1-11-4-5-15(12(2)8-11)23-7-6-20(3)17(22)13-9-14(18)16(21)19-10-13/h4-5,8-10H,6-7H2,1-3H3,(H,19,21). The number of nitrogens with one attached hydrogen (secondary N) is 1. The van der Waals surface area contributed by atoms with E-state index in [-0.39, 0.29) is 10.9 Å². The number of pyridine rings is 1. The maximum absolute atomic E-state index is 12.3. The number of hydrogen-bond acceptors (Lipinski definition) is 3. The third kappa shape index (κ3) is 4.36. The summed E-state index contributed by atoms with van der Waals surface area (Å²) < 4.78 is 5.71. The molecule has 0 bridgehead atoms. The topological polar surface area (TPSA) is 62.4 Å². The van der Waals surface area contributed by atoms with Gasteiger partial charge in [0.15, 0.2) is 0 Å². The van der Waals surface area contributed by atoms with Gasteiger partial charge in [0.1, 0.15) is 17.4 Å². The Labute approximate surface area is 139 Å². The molecule has 0 aliphatic heterocycles. The molecule has 0 saturated heterocycles. The minimum absolute atomic E-state index is 0.00391. The summed E-state index contributed by atoms with van der Waals surface area (Å²) in [6, 6.07) is 7.32. The van der Waals surface area contributed by atoms with Crippen molar-refractivity contribution in [2.24, 2.45) is 0 Å². The Hall–Kier alpha value is -2.27. The summed E-state index contributed by atoms with van der Waals surface area (Å²) in [6.45, 7) is 4.81. The van der Waals surface area contributed by atoms with Crippen molar-refractivity contribution in [2.45, 2.75) is 13.8 Å². The second kappa shape index (κ2) is 7.33. The zero-order valence-corrected chi connectivity index (χ0v) is 14.1. The van der Waals surface area contributed by atoms with Crippen LogP contribution in [0.2, 0.25) is 5.02 Å². The Morgan fingerprint density at radius 2 is 2.04 bits per heavy atom. The summed E-state index contributed by atoms with van der Waals surface area (Å²) in [5.41, 5.74) is 2.16. The summed E-state index contributed by atoms with van der Waals surface area (Å²) in [4.78, 5) is 27.4. The van der Waals surface area contributed by atoms with Crippen LogP contribution in [0.1, 0.15) is 21.5 Å². The van der Waals surface area contributed by atoms with Gasteiger partial charge in [-0.25, -0.2) is 0 Å². The summed E-state index contributed by atoms with van der Waals surface area (Å²) in [7, 11) is 1.67. The highest BCUT2D eigenvalue weighted by atomic mass is 35.5. The maximum atomic E-state index is 12.3. The predicted molar refractivity (Wildman–Crippen MR) is 90.4 cm³/mol. The van der Waals surface area contributed by atoms with Crippen LogP contribution in [0, 0.1) is 13.8 Å². The van der Waals surface area contributed by atoms with E-state index in [4.69, 9.17) is 16.3 Å². The number of aromatic amines is 1. The van der Waals surface area contributed by atoms with Gasteiger partial charge in [-0.05, 0) is 31.5 Å². The lowest BCUT2D eigenvalue weighted by atomic mass is 10.1. The van der Waals surface area contributed by atoms with Gasteiger partial charge in [-0.1, -0.05) is 29.3 Å². The first kappa shape index (κ1) is 17.1. The lowest BCUT2D eigenvalue weighted by molar-refractivity contribution is 0.0773. The first-order chi connectivity index (χ1) is 10.9. The Bertz CT molecular complexity index is 771. The van der Waals surface area contributed by atoms with Gasteiger partial charge in [-0.15, -0.1) is 0 Å². The second-order valence-electron chi connectivity index (χ2n) is 5.41. The van der Waals surface area contributed by atoms with Gasteiger partial charge in [-0.3, -0.25) is 9.59 Å². The number of hydrogen-bond donors (Lipinski definition) is 1. The molecule has 0 atom stereocenters. The Morgan fingerprint density at radius 1 is 1.30 bits per heavy atom. The number of amides is 1. The fourth-order valence-electron chi connectivity index (χ4n) is 2.16. The van der Waals surface area contributed by atoms with E-state index in [0.29, 0.717) is 18.7 Å². The van der Waals surface area contributed by atoms with Crippen molar-refractivity contribution in [2.75, 3.05) is 20.2 Å². The highest BCUT2D eigenvalue weighted by Crippen LogP contribution is 2.18. The monoisotopic (exact) mass is 334 g/mol. The molecule has 6 heteroatoms. The molecule has 1 N–H and O–H groups in total. The molecule has 2 rings (SSSR count). The average Bonchev–Trinajstić information content (AvgIpc) is 2.51. The number of carbonyl (C=O) groups is 1. The number of carbonyl (C=O) groups excluding carboxylic acids is 1. The molecular formula is C17H19ClN2O3. The molecule has 0 saturated carbocycles. The number of benzene rings is 1. The highest BCUT2D eigenvalue weighted by Gasteiger charge is 2.13. The third-order valence-corrected chi connectivity index (χ3v) is 3.75. The number of rotatable bonds is 5. The van der Waals surface area contributed by atoms with Gasteiger partial charge < -0.3 is 14.6 Å². The van der Waals surface area contributed by atoms with E-state index in [1.165, 1.54) is 22.7 Å². The molecule has 0 aliphatic carbocycles. The van der Waals surface area contributed by atoms with Crippen molar-refractivity contribution >= 4 is 17.5 Å². The quantitative estimate of drug-likeness (QED) is 0.914. The average molecular weight is 335 g/mol. The third-order valence-electron chi connectivity index (χ3n) is 3.47. The zero-order valence-electron chi connectivity index (χ0n) is 13.4. The van der Waals surface area contributed by atoms with E-state index in [9.17, 15) is 9.59 Å². The smallest absolute Gasteiger partial charge is 0.266 e. The Morgan fingerprint density at radius 3 is 2.70 bits per heavy atom. The van der Waals surface area contributed by atoms with Gasteiger partial charge in [-0.2, -0.15) is 0 Å². The molecule has 1 amide bonds. The predicted octanol–water partition coefficient (Wildman–Crippen LogP) is 2.80. The van der Waals surface area contributed by atoms with Crippen molar-refractivity contribution in [1.29, 1.82) is 0 Å². The molecule has 1 heterocycles. The van der Waals surface area contributed by atoms with Crippen LogP contribution in [-0.2, 0) is 0 Å². The largest absolute Gasteiger partial charge is 0.491 e. The number of ether oxygens (including phenoxy) is 1. The fraction of sp³-hybridized carbons (Fsp3) is 0.294. The molecule has 0 fully saturated rings. The summed E-state index contributed by atoms with van der Waals surface area (Å²) in [5.74, 6) is 0.580. The van der Waals surface area contributed by atoms with Crippen LogP contribution < -0.4 is 10.3 Å². The van der Waals surface area contributed by atoms with Crippen molar-refractivity contribution in [1.82, 2.24) is 9.88 Å². The van der Waals surface area contributed by atoms with Crippen LogP contribution in [0.3, 0.4) is 0 Å². The molecule has 0 unspecified atom stereocenters. The van der Waals surface area contributed by atoms with Gasteiger partial charge in [0.05, 0.1) is 12.1 Å². The van der Waals surface area contributed by atoms with Gasteiger partial charge >= 0.3 is 0 Å². The van der Waals surface area contributed by atoms with Crippen molar-refractivity contribution < 1.29 is 9.53 Å². The van der Waals surface area contributed by atoms with E-state index < -0.39 is 5.56 Å². The number of H-pyrrole nitrogens is 1. The number of aromatic nitrogens is 1. The Balaban J connectivity index is 1.93. The van der Waals surface area contributed by atoms with Crippen molar-refractivity contribution in [3.8, 4) is 5.75 Å². The molecule has 23 heavy (non-hydrogen) atoms. The minimum atomic E-state index is -0.413. The molecule has 1 aromatic heterocycles. The molecule has 122 valence electrons. The van der Waals surface area contributed by atoms with Crippen LogP contribution in [0.25, 0.3) is 0 Å². The fourth-order valence-corrected chi connectivity index (χ4v) is 2.33. The van der Waals surface area contributed by atoms with E-state index in [0.717, 1.165) is 11.3 Å². The van der Waals surface area contributed by atoms with Gasteiger partial charge in [0, 0.05) is 13.2 Å². The zero-order chi connectivity index (χ0) is 17.0. The number of likely N-dealkylation sites (N-methyl/N-ethyl adjacent to an activating group) is 1. The molecule has 5 nitrogen and oxygen atoms in total. The van der Waals surface area contributed by atoms with Crippen LogP contribution in [0.4, 0.5) is 0 Å². The van der Waals surface area contributed by atoms with Crippen LogP contribution in [0.15, 0.2) is 35.3 Å². The van der Waals surface area contributed by atoms with Crippen molar-refractivity contribution in [3.05, 3.63) is 62.5 Å². The second-order valence-corrected chi connectivity index (χ2v) is 5.82. The number of halogens is 1. The van der Waals surface area contributed by atoms with E-state index in [2.05, 4.69) is 4.98 Å². The van der Waals surface area contributed by atoms with E-state index in [1.54, 1.807) is 7.05 Å². The van der Waals surface area contributed by atoms with E-state index in [1.807, 2.05) is 32.0 Å². The summed E-state index contributed by atoms with van der Waals surface area (Å²) in [6.07, 6.45) is 1.36. The summed E-state index contributed by atoms with van der Waals surface area (Å²) >= 11 is 5.74.